The molecule has 1 aliphatic carbocycles. The SMILES string of the molecule is Cn1ccnc1CNC(=O)CCNC1CC1. The summed E-state index contributed by atoms with van der Waals surface area (Å²) in [5, 5.41) is 6.17. The number of aryl methyl sites for hydroxylation is 1. The zero-order chi connectivity index (χ0) is 11.4. The normalized spacial score (nSPS) is 15.1. The van der Waals surface area contributed by atoms with Gasteiger partial charge in [-0.1, -0.05) is 0 Å². The first kappa shape index (κ1) is 11.1. The zero-order valence-corrected chi connectivity index (χ0v) is 9.57. The van der Waals surface area contributed by atoms with Crippen LogP contribution in [0.2, 0.25) is 0 Å². The van der Waals surface area contributed by atoms with E-state index in [2.05, 4.69) is 15.6 Å². The molecule has 0 unspecified atom stereocenters. The molecule has 2 N–H and O–H groups in total. The van der Waals surface area contributed by atoms with Crippen LogP contribution in [0, 0.1) is 0 Å². The fourth-order valence-electron chi connectivity index (χ4n) is 1.51. The monoisotopic (exact) mass is 222 g/mol. The van der Waals surface area contributed by atoms with Crippen molar-refractivity contribution >= 4 is 5.91 Å². The highest BCUT2D eigenvalue weighted by Crippen LogP contribution is 2.18. The molecule has 2 rings (SSSR count). The average molecular weight is 222 g/mol. The Morgan fingerprint density at radius 1 is 1.62 bits per heavy atom. The predicted octanol–water partition coefficient (Wildman–Crippen LogP) is 0.178. The number of aromatic nitrogens is 2. The van der Waals surface area contributed by atoms with E-state index >= 15 is 0 Å². The summed E-state index contributed by atoms with van der Waals surface area (Å²) in [6, 6.07) is 0.669. The molecular formula is C11H18N4O. The molecule has 1 heterocycles. The first-order valence-electron chi connectivity index (χ1n) is 5.72. The second kappa shape index (κ2) is 5.12. The second-order valence-electron chi connectivity index (χ2n) is 4.21. The molecule has 0 bridgehead atoms. The lowest BCUT2D eigenvalue weighted by Gasteiger charge is -2.05. The maximum absolute atomic E-state index is 11.5. The lowest BCUT2D eigenvalue weighted by molar-refractivity contribution is -0.121. The summed E-state index contributed by atoms with van der Waals surface area (Å²) in [5.41, 5.74) is 0. The van der Waals surface area contributed by atoms with E-state index in [0.29, 0.717) is 19.0 Å². The fraction of sp³-hybridized carbons (Fsp3) is 0.636. The quantitative estimate of drug-likeness (QED) is 0.722. The van der Waals surface area contributed by atoms with Gasteiger partial charge in [0.2, 0.25) is 5.91 Å². The molecule has 88 valence electrons. The van der Waals surface area contributed by atoms with E-state index in [0.717, 1.165) is 12.4 Å². The number of carbonyl (C=O) groups excluding carboxylic acids is 1. The van der Waals surface area contributed by atoms with E-state index in [1.807, 2.05) is 17.8 Å². The Morgan fingerprint density at radius 2 is 2.44 bits per heavy atom. The number of carbonyl (C=O) groups is 1. The third-order valence-corrected chi connectivity index (χ3v) is 2.73. The third-order valence-electron chi connectivity index (χ3n) is 2.73. The molecular weight excluding hydrogens is 204 g/mol. The smallest absolute Gasteiger partial charge is 0.221 e. The van der Waals surface area contributed by atoms with Gasteiger partial charge in [0, 0.05) is 38.4 Å². The van der Waals surface area contributed by atoms with Gasteiger partial charge in [0.25, 0.3) is 0 Å². The molecule has 1 aliphatic rings. The summed E-state index contributed by atoms with van der Waals surface area (Å²) < 4.78 is 1.91. The van der Waals surface area contributed by atoms with E-state index in [1.54, 1.807) is 6.20 Å². The van der Waals surface area contributed by atoms with Crippen molar-refractivity contribution in [2.24, 2.45) is 7.05 Å². The van der Waals surface area contributed by atoms with Crippen LogP contribution in [-0.4, -0.2) is 28.0 Å². The van der Waals surface area contributed by atoms with Gasteiger partial charge in [-0.25, -0.2) is 4.98 Å². The van der Waals surface area contributed by atoms with Crippen LogP contribution < -0.4 is 10.6 Å². The minimum atomic E-state index is 0.0798. The highest BCUT2D eigenvalue weighted by molar-refractivity contribution is 5.75. The minimum absolute atomic E-state index is 0.0798. The topological polar surface area (TPSA) is 59.0 Å². The van der Waals surface area contributed by atoms with Crippen molar-refractivity contribution in [3.63, 3.8) is 0 Å². The first-order chi connectivity index (χ1) is 7.75. The third kappa shape index (κ3) is 3.34. The molecule has 0 saturated heterocycles. The maximum Gasteiger partial charge on any atom is 0.221 e. The van der Waals surface area contributed by atoms with Gasteiger partial charge in [0.1, 0.15) is 5.82 Å². The van der Waals surface area contributed by atoms with Crippen LogP contribution in [0.25, 0.3) is 0 Å². The Kier molecular flexibility index (Phi) is 3.56. The van der Waals surface area contributed by atoms with Crippen LogP contribution >= 0.6 is 0 Å². The van der Waals surface area contributed by atoms with Crippen molar-refractivity contribution in [1.82, 2.24) is 20.2 Å². The van der Waals surface area contributed by atoms with E-state index in [4.69, 9.17) is 0 Å². The Labute approximate surface area is 95.2 Å². The van der Waals surface area contributed by atoms with E-state index in [-0.39, 0.29) is 5.91 Å². The van der Waals surface area contributed by atoms with Crippen molar-refractivity contribution in [1.29, 1.82) is 0 Å². The molecule has 5 heteroatoms. The van der Waals surface area contributed by atoms with Gasteiger partial charge in [-0.3, -0.25) is 4.79 Å². The lowest BCUT2D eigenvalue weighted by Crippen LogP contribution is -2.28. The Hall–Kier alpha value is -1.36. The van der Waals surface area contributed by atoms with E-state index in [9.17, 15) is 4.79 Å². The van der Waals surface area contributed by atoms with E-state index < -0.39 is 0 Å². The second-order valence-corrected chi connectivity index (χ2v) is 4.21. The standard InChI is InChI=1S/C11H18N4O/c1-15-7-6-13-10(15)8-14-11(16)4-5-12-9-2-3-9/h6-7,9,12H,2-5,8H2,1H3,(H,14,16). The lowest BCUT2D eigenvalue weighted by atomic mass is 10.4. The van der Waals surface area contributed by atoms with Gasteiger partial charge >= 0.3 is 0 Å². The molecule has 1 saturated carbocycles. The molecule has 5 nitrogen and oxygen atoms in total. The molecule has 0 aliphatic heterocycles. The zero-order valence-electron chi connectivity index (χ0n) is 9.57. The van der Waals surface area contributed by atoms with Gasteiger partial charge in [0.05, 0.1) is 6.54 Å². The summed E-state index contributed by atoms with van der Waals surface area (Å²) in [6.07, 6.45) is 6.66. The number of hydrogen-bond acceptors (Lipinski definition) is 3. The van der Waals surface area contributed by atoms with Crippen LogP contribution in [0.15, 0.2) is 12.4 Å². The fourth-order valence-corrected chi connectivity index (χ4v) is 1.51. The largest absolute Gasteiger partial charge is 0.349 e. The molecule has 0 atom stereocenters. The van der Waals surface area contributed by atoms with Crippen LogP contribution in [0.3, 0.4) is 0 Å². The Balaban J connectivity index is 1.61. The van der Waals surface area contributed by atoms with Crippen molar-refractivity contribution in [3.8, 4) is 0 Å². The summed E-state index contributed by atoms with van der Waals surface area (Å²) >= 11 is 0. The van der Waals surface area contributed by atoms with Gasteiger partial charge in [0.15, 0.2) is 0 Å². The molecule has 0 aromatic carbocycles. The molecule has 0 radical (unpaired) electrons. The number of nitrogens with one attached hydrogen (secondary N) is 2. The molecule has 1 amide bonds. The predicted molar refractivity (Wildman–Crippen MR) is 60.7 cm³/mol. The summed E-state index contributed by atoms with van der Waals surface area (Å²) in [5.74, 6) is 0.958. The van der Waals surface area contributed by atoms with Crippen LogP contribution in [0.4, 0.5) is 0 Å². The van der Waals surface area contributed by atoms with Gasteiger partial charge in [-0.05, 0) is 12.8 Å². The number of imidazole rings is 1. The van der Waals surface area contributed by atoms with Crippen LogP contribution in [-0.2, 0) is 18.4 Å². The van der Waals surface area contributed by atoms with Gasteiger partial charge < -0.3 is 15.2 Å². The van der Waals surface area contributed by atoms with Crippen LogP contribution in [0.5, 0.6) is 0 Å². The van der Waals surface area contributed by atoms with Gasteiger partial charge in [-0.2, -0.15) is 0 Å². The van der Waals surface area contributed by atoms with Crippen molar-refractivity contribution in [3.05, 3.63) is 18.2 Å². The van der Waals surface area contributed by atoms with Crippen molar-refractivity contribution in [2.75, 3.05) is 6.54 Å². The number of hydrogen-bond donors (Lipinski definition) is 2. The summed E-state index contributed by atoms with van der Waals surface area (Å²) in [4.78, 5) is 15.6. The molecule has 1 fully saturated rings. The Bertz CT molecular complexity index is 357. The summed E-state index contributed by atoms with van der Waals surface area (Å²) in [7, 11) is 1.92. The first-order valence-corrected chi connectivity index (χ1v) is 5.72. The maximum atomic E-state index is 11.5. The van der Waals surface area contributed by atoms with Crippen molar-refractivity contribution < 1.29 is 4.79 Å². The molecule has 16 heavy (non-hydrogen) atoms. The number of nitrogens with zero attached hydrogens (tertiary/aromatic N) is 2. The number of amides is 1. The average Bonchev–Trinajstić information content (AvgIpc) is 2.99. The van der Waals surface area contributed by atoms with Gasteiger partial charge in [-0.15, -0.1) is 0 Å². The molecule has 0 spiro atoms. The summed E-state index contributed by atoms with van der Waals surface area (Å²) in [6.45, 7) is 1.28. The molecule has 1 aromatic heterocycles. The minimum Gasteiger partial charge on any atom is -0.349 e. The van der Waals surface area contributed by atoms with Crippen molar-refractivity contribution in [2.45, 2.75) is 31.8 Å². The highest BCUT2D eigenvalue weighted by atomic mass is 16.1. The highest BCUT2D eigenvalue weighted by Gasteiger charge is 2.19. The Morgan fingerprint density at radius 3 is 3.06 bits per heavy atom. The number of rotatable bonds is 6. The van der Waals surface area contributed by atoms with E-state index in [1.165, 1.54) is 12.8 Å². The molecule has 1 aromatic rings. The van der Waals surface area contributed by atoms with Crippen LogP contribution in [0.1, 0.15) is 25.1 Å².